The Bertz CT molecular complexity index is 764. The molecule has 1 saturated carbocycles. The number of ether oxygens (including phenoxy) is 1. The standard InChI is InChI=1S/C19H24N4O3S2/c24-16(20-11-14-7-3-1-4-8-14)12-26-17(25)13-27-19-23-22-18(28-19)21-15-9-5-2-6-10-15/h1,3-4,7-8,15H,2,5-6,9-13H2,(H,20,24)(H,21,22). The quantitative estimate of drug-likeness (QED) is 0.475. The molecule has 7 nitrogen and oxygen atoms in total. The molecule has 150 valence electrons. The number of thioether (sulfide) groups is 1. The minimum atomic E-state index is -0.447. The number of amides is 1. The van der Waals surface area contributed by atoms with Gasteiger partial charge in [0.15, 0.2) is 10.9 Å². The molecule has 1 heterocycles. The van der Waals surface area contributed by atoms with Gasteiger partial charge >= 0.3 is 5.97 Å². The van der Waals surface area contributed by atoms with Crippen LogP contribution >= 0.6 is 23.1 Å². The molecule has 0 spiro atoms. The van der Waals surface area contributed by atoms with Crippen molar-refractivity contribution in [2.75, 3.05) is 17.7 Å². The molecular formula is C19H24N4O3S2. The van der Waals surface area contributed by atoms with Crippen LogP contribution in [0, 0.1) is 0 Å². The monoisotopic (exact) mass is 420 g/mol. The lowest BCUT2D eigenvalue weighted by atomic mass is 9.96. The minimum absolute atomic E-state index is 0.101. The number of anilines is 1. The van der Waals surface area contributed by atoms with Gasteiger partial charge in [0.25, 0.3) is 5.91 Å². The third kappa shape index (κ3) is 7.12. The van der Waals surface area contributed by atoms with E-state index in [-0.39, 0.29) is 18.3 Å². The summed E-state index contributed by atoms with van der Waals surface area (Å²) in [6.45, 7) is 0.129. The summed E-state index contributed by atoms with van der Waals surface area (Å²) in [6, 6.07) is 10.0. The molecule has 1 amide bonds. The van der Waals surface area contributed by atoms with Crippen LogP contribution in [0.4, 0.5) is 5.13 Å². The lowest BCUT2D eigenvalue weighted by molar-refractivity contribution is -0.145. The highest BCUT2D eigenvalue weighted by Crippen LogP contribution is 2.28. The molecule has 1 aromatic heterocycles. The third-order valence-electron chi connectivity index (χ3n) is 4.35. The van der Waals surface area contributed by atoms with Crippen molar-refractivity contribution in [3.05, 3.63) is 35.9 Å². The molecule has 0 bridgehead atoms. The zero-order chi connectivity index (χ0) is 19.6. The van der Waals surface area contributed by atoms with Gasteiger partial charge in [-0.25, -0.2) is 0 Å². The fraction of sp³-hybridized carbons (Fsp3) is 0.474. The maximum Gasteiger partial charge on any atom is 0.316 e. The molecule has 2 aromatic rings. The van der Waals surface area contributed by atoms with Gasteiger partial charge < -0.3 is 15.4 Å². The van der Waals surface area contributed by atoms with Crippen molar-refractivity contribution in [2.45, 2.75) is 49.0 Å². The largest absolute Gasteiger partial charge is 0.455 e. The Balaban J connectivity index is 1.31. The summed E-state index contributed by atoms with van der Waals surface area (Å²) in [5, 5.41) is 15.2. The summed E-state index contributed by atoms with van der Waals surface area (Å²) in [7, 11) is 0. The number of hydrogen-bond donors (Lipinski definition) is 2. The second-order valence-corrected chi connectivity index (χ2v) is 8.76. The molecule has 0 aliphatic heterocycles. The Hall–Kier alpha value is -2.13. The van der Waals surface area contributed by atoms with Crippen LogP contribution < -0.4 is 10.6 Å². The predicted molar refractivity (Wildman–Crippen MR) is 110 cm³/mol. The molecule has 0 unspecified atom stereocenters. The summed E-state index contributed by atoms with van der Waals surface area (Å²) in [5.41, 5.74) is 0.992. The van der Waals surface area contributed by atoms with Gasteiger partial charge in [-0.05, 0) is 18.4 Å². The number of esters is 1. The molecular weight excluding hydrogens is 396 g/mol. The van der Waals surface area contributed by atoms with E-state index in [4.69, 9.17) is 4.74 Å². The van der Waals surface area contributed by atoms with E-state index in [0.29, 0.717) is 16.9 Å². The van der Waals surface area contributed by atoms with Crippen LogP contribution in [-0.4, -0.2) is 40.5 Å². The van der Waals surface area contributed by atoms with Gasteiger partial charge in [-0.15, -0.1) is 10.2 Å². The van der Waals surface area contributed by atoms with Crippen molar-refractivity contribution in [1.82, 2.24) is 15.5 Å². The highest BCUT2D eigenvalue weighted by molar-refractivity contribution is 8.01. The van der Waals surface area contributed by atoms with Crippen molar-refractivity contribution < 1.29 is 14.3 Å². The normalized spacial score (nSPS) is 14.4. The van der Waals surface area contributed by atoms with Crippen LogP contribution in [-0.2, 0) is 20.9 Å². The summed E-state index contributed by atoms with van der Waals surface area (Å²) in [6.07, 6.45) is 6.15. The van der Waals surface area contributed by atoms with Gasteiger partial charge in [0, 0.05) is 12.6 Å². The molecule has 1 aromatic carbocycles. The van der Waals surface area contributed by atoms with E-state index in [1.165, 1.54) is 55.2 Å². The summed E-state index contributed by atoms with van der Waals surface area (Å²) < 4.78 is 5.72. The maximum absolute atomic E-state index is 11.8. The van der Waals surface area contributed by atoms with E-state index < -0.39 is 5.97 Å². The van der Waals surface area contributed by atoms with Gasteiger partial charge in [0.1, 0.15) is 0 Å². The minimum Gasteiger partial charge on any atom is -0.455 e. The number of benzene rings is 1. The summed E-state index contributed by atoms with van der Waals surface area (Å²) in [4.78, 5) is 23.6. The van der Waals surface area contributed by atoms with Gasteiger partial charge in [0.05, 0.1) is 5.75 Å². The van der Waals surface area contributed by atoms with Crippen molar-refractivity contribution in [2.24, 2.45) is 0 Å². The molecule has 9 heteroatoms. The molecule has 1 aliphatic rings. The lowest BCUT2D eigenvalue weighted by Crippen LogP contribution is -2.28. The van der Waals surface area contributed by atoms with Crippen LogP contribution in [0.3, 0.4) is 0 Å². The number of aromatic nitrogens is 2. The number of carbonyl (C=O) groups excluding carboxylic acids is 2. The molecule has 3 rings (SSSR count). The fourth-order valence-corrected chi connectivity index (χ4v) is 4.53. The van der Waals surface area contributed by atoms with Crippen molar-refractivity contribution in [1.29, 1.82) is 0 Å². The molecule has 0 saturated heterocycles. The van der Waals surface area contributed by atoms with Gasteiger partial charge in [-0.3, -0.25) is 9.59 Å². The van der Waals surface area contributed by atoms with E-state index >= 15 is 0 Å². The number of hydrogen-bond acceptors (Lipinski definition) is 8. The van der Waals surface area contributed by atoms with E-state index in [2.05, 4.69) is 20.8 Å². The van der Waals surface area contributed by atoms with E-state index in [0.717, 1.165) is 10.7 Å². The third-order valence-corrected chi connectivity index (χ3v) is 6.31. The van der Waals surface area contributed by atoms with Gasteiger partial charge in [-0.2, -0.15) is 0 Å². The molecule has 0 radical (unpaired) electrons. The molecule has 1 fully saturated rings. The van der Waals surface area contributed by atoms with Crippen LogP contribution in [0.15, 0.2) is 34.7 Å². The van der Waals surface area contributed by atoms with Crippen molar-refractivity contribution in [3.63, 3.8) is 0 Å². The first-order chi connectivity index (χ1) is 13.7. The second-order valence-electron chi connectivity index (χ2n) is 6.56. The van der Waals surface area contributed by atoms with Crippen LogP contribution in [0.5, 0.6) is 0 Å². The average Bonchev–Trinajstić information content (AvgIpc) is 3.18. The highest BCUT2D eigenvalue weighted by atomic mass is 32.2. The topological polar surface area (TPSA) is 93.2 Å². The first kappa shape index (κ1) is 20.6. The number of rotatable bonds is 9. The van der Waals surface area contributed by atoms with Crippen LogP contribution in [0.25, 0.3) is 0 Å². The summed E-state index contributed by atoms with van der Waals surface area (Å²) >= 11 is 2.71. The zero-order valence-corrected chi connectivity index (χ0v) is 17.2. The van der Waals surface area contributed by atoms with Crippen LogP contribution in [0.2, 0.25) is 0 Å². The molecule has 1 aliphatic carbocycles. The number of nitrogens with one attached hydrogen (secondary N) is 2. The van der Waals surface area contributed by atoms with E-state index in [9.17, 15) is 9.59 Å². The Morgan fingerprint density at radius 1 is 1.14 bits per heavy atom. The van der Waals surface area contributed by atoms with Crippen molar-refractivity contribution in [3.8, 4) is 0 Å². The average molecular weight is 421 g/mol. The number of carbonyl (C=O) groups is 2. The zero-order valence-electron chi connectivity index (χ0n) is 15.6. The Kier molecular flexibility index (Phi) is 8.10. The number of nitrogens with zero attached hydrogens (tertiary/aromatic N) is 2. The lowest BCUT2D eigenvalue weighted by Gasteiger charge is -2.21. The molecule has 28 heavy (non-hydrogen) atoms. The SMILES string of the molecule is O=C(COC(=O)CSc1nnc(NC2CCCCC2)s1)NCc1ccccc1. The second kappa shape index (κ2) is 11.0. The van der Waals surface area contributed by atoms with Crippen molar-refractivity contribution >= 4 is 40.1 Å². The molecule has 2 N–H and O–H groups in total. The van der Waals surface area contributed by atoms with Gasteiger partial charge in [0.2, 0.25) is 5.13 Å². The van der Waals surface area contributed by atoms with E-state index in [1.54, 1.807) is 0 Å². The Morgan fingerprint density at radius 2 is 1.93 bits per heavy atom. The summed E-state index contributed by atoms with van der Waals surface area (Å²) in [5.74, 6) is -0.668. The maximum atomic E-state index is 11.8. The van der Waals surface area contributed by atoms with Crippen LogP contribution in [0.1, 0.15) is 37.7 Å². The Morgan fingerprint density at radius 3 is 2.71 bits per heavy atom. The smallest absolute Gasteiger partial charge is 0.316 e. The highest BCUT2D eigenvalue weighted by Gasteiger charge is 2.16. The Labute approximate surface area is 172 Å². The first-order valence-corrected chi connectivity index (χ1v) is 11.2. The first-order valence-electron chi connectivity index (χ1n) is 9.38. The van der Waals surface area contributed by atoms with Gasteiger partial charge in [-0.1, -0.05) is 72.7 Å². The fourth-order valence-electron chi connectivity index (χ4n) is 2.90. The predicted octanol–water partition coefficient (Wildman–Crippen LogP) is 3.23. The molecule has 0 atom stereocenters. The van der Waals surface area contributed by atoms with E-state index in [1.807, 2.05) is 30.3 Å².